The Morgan fingerprint density at radius 2 is 2.20 bits per heavy atom. The van der Waals surface area contributed by atoms with Crippen molar-refractivity contribution in [3.05, 3.63) is 47.8 Å². The van der Waals surface area contributed by atoms with E-state index in [1.54, 1.807) is 18.8 Å². The van der Waals surface area contributed by atoms with E-state index in [1.165, 1.54) is 0 Å². The first-order valence-electron chi connectivity index (χ1n) is 5.14. The van der Waals surface area contributed by atoms with Crippen LogP contribution in [0.15, 0.2) is 39.8 Å². The van der Waals surface area contributed by atoms with Gasteiger partial charge in [-0.25, -0.2) is 0 Å². The van der Waals surface area contributed by atoms with Gasteiger partial charge in [0.2, 0.25) is 0 Å². The van der Waals surface area contributed by atoms with Crippen LogP contribution in [0.5, 0.6) is 0 Å². The Hall–Kier alpha value is -1.48. The first-order chi connectivity index (χ1) is 7.31. The summed E-state index contributed by atoms with van der Waals surface area (Å²) in [5.74, 6) is 0.978. The average molecular weight is 205 g/mol. The summed E-state index contributed by atoms with van der Waals surface area (Å²) in [5.41, 5.74) is 8.32. The van der Waals surface area contributed by atoms with E-state index in [1.807, 2.05) is 12.1 Å². The quantitative estimate of drug-likeness (QED) is 0.834. The zero-order valence-corrected chi connectivity index (χ0v) is 8.77. The van der Waals surface area contributed by atoms with Crippen LogP contribution in [0.3, 0.4) is 0 Å². The molecule has 0 aliphatic rings. The van der Waals surface area contributed by atoms with Gasteiger partial charge in [0, 0.05) is 18.0 Å². The van der Waals surface area contributed by atoms with Crippen molar-refractivity contribution in [2.45, 2.75) is 25.8 Å². The summed E-state index contributed by atoms with van der Waals surface area (Å²) in [6.07, 6.45) is 6.75. The number of furan rings is 2. The topological polar surface area (TPSA) is 52.3 Å². The molecule has 0 aliphatic carbocycles. The largest absolute Gasteiger partial charge is 0.472 e. The molecular formula is C12H15NO2. The lowest BCUT2D eigenvalue weighted by molar-refractivity contribution is 0.505. The van der Waals surface area contributed by atoms with Crippen molar-refractivity contribution in [1.29, 1.82) is 0 Å². The van der Waals surface area contributed by atoms with Crippen LogP contribution in [0.4, 0.5) is 0 Å². The minimum Gasteiger partial charge on any atom is -0.472 e. The molecule has 0 saturated carbocycles. The van der Waals surface area contributed by atoms with E-state index in [9.17, 15) is 0 Å². The van der Waals surface area contributed by atoms with Crippen molar-refractivity contribution in [1.82, 2.24) is 0 Å². The van der Waals surface area contributed by atoms with E-state index < -0.39 is 0 Å². The van der Waals surface area contributed by atoms with Gasteiger partial charge < -0.3 is 14.6 Å². The number of aryl methyl sites for hydroxylation is 1. The summed E-state index contributed by atoms with van der Waals surface area (Å²) < 4.78 is 10.4. The van der Waals surface area contributed by atoms with Gasteiger partial charge in [-0.1, -0.05) is 6.92 Å². The van der Waals surface area contributed by atoms with Gasteiger partial charge in [0.05, 0.1) is 18.8 Å². The zero-order valence-electron chi connectivity index (χ0n) is 8.77. The molecule has 2 aromatic heterocycles. The van der Waals surface area contributed by atoms with Gasteiger partial charge in [0.1, 0.15) is 5.76 Å². The first-order valence-corrected chi connectivity index (χ1v) is 5.14. The molecule has 0 saturated heterocycles. The summed E-state index contributed by atoms with van der Waals surface area (Å²) in [6.45, 7) is 2.06. The molecule has 2 rings (SSSR count). The second-order valence-electron chi connectivity index (χ2n) is 3.59. The number of rotatable bonds is 4. The molecule has 0 aliphatic heterocycles. The van der Waals surface area contributed by atoms with Gasteiger partial charge in [-0.15, -0.1) is 0 Å². The Morgan fingerprint density at radius 3 is 2.87 bits per heavy atom. The maximum Gasteiger partial charge on any atom is 0.108 e. The van der Waals surface area contributed by atoms with Crippen molar-refractivity contribution >= 4 is 0 Å². The van der Waals surface area contributed by atoms with Gasteiger partial charge in [-0.2, -0.15) is 0 Å². The summed E-state index contributed by atoms with van der Waals surface area (Å²) in [5, 5.41) is 0. The van der Waals surface area contributed by atoms with Crippen molar-refractivity contribution in [3.8, 4) is 0 Å². The second-order valence-corrected chi connectivity index (χ2v) is 3.59. The fourth-order valence-corrected chi connectivity index (χ4v) is 1.74. The monoisotopic (exact) mass is 205 g/mol. The van der Waals surface area contributed by atoms with Crippen molar-refractivity contribution in [2.75, 3.05) is 0 Å². The zero-order chi connectivity index (χ0) is 10.7. The SMILES string of the molecule is CCc1occc1C(N)Cc1ccoc1. The Kier molecular flexibility index (Phi) is 2.92. The summed E-state index contributed by atoms with van der Waals surface area (Å²) in [6, 6.07) is 3.87. The molecule has 15 heavy (non-hydrogen) atoms. The van der Waals surface area contributed by atoms with Crippen LogP contribution in [-0.4, -0.2) is 0 Å². The lowest BCUT2D eigenvalue weighted by Gasteiger charge is -2.09. The Morgan fingerprint density at radius 1 is 1.33 bits per heavy atom. The summed E-state index contributed by atoms with van der Waals surface area (Å²) in [7, 11) is 0. The molecule has 0 fully saturated rings. The minimum atomic E-state index is -0.0173. The van der Waals surface area contributed by atoms with Crippen LogP contribution in [0.25, 0.3) is 0 Å². The molecule has 3 nitrogen and oxygen atoms in total. The highest BCUT2D eigenvalue weighted by Crippen LogP contribution is 2.21. The molecule has 2 N–H and O–H groups in total. The molecule has 3 heteroatoms. The maximum absolute atomic E-state index is 6.11. The smallest absolute Gasteiger partial charge is 0.108 e. The van der Waals surface area contributed by atoms with Crippen molar-refractivity contribution in [2.24, 2.45) is 5.73 Å². The molecule has 0 radical (unpaired) electrons. The van der Waals surface area contributed by atoms with Crippen molar-refractivity contribution in [3.63, 3.8) is 0 Å². The number of nitrogens with two attached hydrogens (primary N) is 1. The molecule has 2 aromatic rings. The standard InChI is InChI=1S/C12H15NO2/c1-2-12-10(4-6-15-12)11(13)7-9-3-5-14-8-9/h3-6,8,11H,2,7,13H2,1H3. The average Bonchev–Trinajstić information content (AvgIpc) is 2.86. The molecule has 1 unspecified atom stereocenters. The van der Waals surface area contributed by atoms with E-state index in [-0.39, 0.29) is 6.04 Å². The van der Waals surface area contributed by atoms with Crippen molar-refractivity contribution < 1.29 is 8.83 Å². The molecular weight excluding hydrogens is 190 g/mol. The van der Waals surface area contributed by atoms with Gasteiger partial charge in [0.15, 0.2) is 0 Å². The van der Waals surface area contributed by atoms with E-state index >= 15 is 0 Å². The van der Waals surface area contributed by atoms with E-state index in [0.29, 0.717) is 0 Å². The number of hydrogen-bond donors (Lipinski definition) is 1. The normalized spacial score (nSPS) is 12.9. The van der Waals surface area contributed by atoms with Gasteiger partial charge in [-0.3, -0.25) is 0 Å². The summed E-state index contributed by atoms with van der Waals surface area (Å²) >= 11 is 0. The first kappa shape index (κ1) is 10.1. The molecule has 2 heterocycles. The predicted octanol–water partition coefficient (Wildman–Crippen LogP) is 2.68. The third-order valence-corrected chi connectivity index (χ3v) is 2.54. The molecule has 80 valence electrons. The van der Waals surface area contributed by atoms with Gasteiger partial charge in [-0.05, 0) is 24.1 Å². The van der Waals surface area contributed by atoms with Crippen LogP contribution in [0, 0.1) is 0 Å². The Balaban J connectivity index is 2.11. The molecule has 0 bridgehead atoms. The fourth-order valence-electron chi connectivity index (χ4n) is 1.74. The van der Waals surface area contributed by atoms with Crippen LogP contribution in [-0.2, 0) is 12.8 Å². The Labute approximate surface area is 88.9 Å². The van der Waals surface area contributed by atoms with E-state index in [4.69, 9.17) is 14.6 Å². The van der Waals surface area contributed by atoms with E-state index in [0.717, 1.165) is 29.7 Å². The fraction of sp³-hybridized carbons (Fsp3) is 0.333. The summed E-state index contributed by atoms with van der Waals surface area (Å²) in [4.78, 5) is 0. The van der Waals surface area contributed by atoms with Gasteiger partial charge >= 0.3 is 0 Å². The highest BCUT2D eigenvalue weighted by Gasteiger charge is 2.13. The molecule has 1 atom stereocenters. The maximum atomic E-state index is 6.11. The molecule has 0 aromatic carbocycles. The van der Waals surface area contributed by atoms with Crippen LogP contribution in [0.2, 0.25) is 0 Å². The Bertz CT molecular complexity index is 403. The highest BCUT2D eigenvalue weighted by molar-refractivity contribution is 5.23. The van der Waals surface area contributed by atoms with Gasteiger partial charge in [0.25, 0.3) is 0 Å². The van der Waals surface area contributed by atoms with Crippen LogP contribution in [0.1, 0.15) is 29.9 Å². The lowest BCUT2D eigenvalue weighted by atomic mass is 10.0. The molecule has 0 amide bonds. The predicted molar refractivity (Wildman–Crippen MR) is 57.4 cm³/mol. The number of hydrogen-bond acceptors (Lipinski definition) is 3. The second kappa shape index (κ2) is 4.36. The highest BCUT2D eigenvalue weighted by atomic mass is 16.3. The lowest BCUT2D eigenvalue weighted by Crippen LogP contribution is -2.13. The van der Waals surface area contributed by atoms with E-state index in [2.05, 4.69) is 6.92 Å². The third kappa shape index (κ3) is 2.13. The third-order valence-electron chi connectivity index (χ3n) is 2.54. The van der Waals surface area contributed by atoms with Crippen LogP contribution >= 0.6 is 0 Å². The van der Waals surface area contributed by atoms with Crippen LogP contribution < -0.4 is 5.73 Å². The minimum absolute atomic E-state index is 0.0173. The molecule has 0 spiro atoms.